The number of nitrogens with zero attached hydrogens (tertiary/aromatic N) is 2. The number of esters is 1. The first-order valence-electron chi connectivity index (χ1n) is 7.67. The second-order valence-electron chi connectivity index (χ2n) is 5.61. The van der Waals surface area contributed by atoms with Gasteiger partial charge in [-0.2, -0.15) is 5.10 Å². The van der Waals surface area contributed by atoms with Gasteiger partial charge in [-0.05, 0) is 44.0 Å². The predicted molar refractivity (Wildman–Crippen MR) is 94.7 cm³/mol. The van der Waals surface area contributed by atoms with Gasteiger partial charge in [-0.25, -0.2) is 4.39 Å². The monoisotopic (exact) mass is 411 g/mol. The molecule has 134 valence electrons. The Morgan fingerprint density at radius 2 is 2.08 bits per heavy atom. The Kier molecular flexibility index (Phi) is 6.30. The molecule has 2 rings (SSSR count). The number of aromatic nitrogens is 2. The maximum absolute atomic E-state index is 13.6. The number of carbonyl (C=O) groups excluding carboxylic acids is 2. The summed E-state index contributed by atoms with van der Waals surface area (Å²) in [6.07, 6.45) is 0.639. The quantitative estimate of drug-likeness (QED) is 0.741. The fourth-order valence-corrected chi connectivity index (χ4v) is 2.73. The van der Waals surface area contributed by atoms with Crippen molar-refractivity contribution in [3.05, 3.63) is 45.4 Å². The number of ether oxygens (including phenoxy) is 1. The Balaban J connectivity index is 1.80. The van der Waals surface area contributed by atoms with Gasteiger partial charge in [0.15, 0.2) is 6.61 Å². The molecule has 0 unspecified atom stereocenters. The molecule has 1 aromatic heterocycles. The molecule has 1 aromatic carbocycles. The first kappa shape index (κ1) is 19.1. The minimum Gasteiger partial charge on any atom is -0.456 e. The van der Waals surface area contributed by atoms with E-state index in [1.807, 2.05) is 20.9 Å². The van der Waals surface area contributed by atoms with Gasteiger partial charge in [0.1, 0.15) is 5.82 Å². The van der Waals surface area contributed by atoms with Crippen molar-refractivity contribution in [2.45, 2.75) is 26.7 Å². The van der Waals surface area contributed by atoms with Crippen LogP contribution < -0.4 is 5.32 Å². The fraction of sp³-hybridized carbons (Fsp3) is 0.353. The van der Waals surface area contributed by atoms with Crippen molar-refractivity contribution in [2.75, 3.05) is 11.9 Å². The van der Waals surface area contributed by atoms with E-state index in [0.29, 0.717) is 10.9 Å². The highest BCUT2D eigenvalue weighted by atomic mass is 79.9. The molecule has 1 amide bonds. The maximum Gasteiger partial charge on any atom is 0.306 e. The number of hydrogen-bond acceptors (Lipinski definition) is 4. The average Bonchev–Trinajstić information content (AvgIpc) is 2.79. The molecule has 0 saturated carbocycles. The van der Waals surface area contributed by atoms with Crippen LogP contribution in [0.4, 0.5) is 10.1 Å². The molecule has 1 heterocycles. The van der Waals surface area contributed by atoms with E-state index in [1.165, 1.54) is 12.1 Å². The van der Waals surface area contributed by atoms with Crippen LogP contribution in [-0.4, -0.2) is 28.3 Å². The van der Waals surface area contributed by atoms with Gasteiger partial charge in [-0.1, -0.05) is 15.9 Å². The summed E-state index contributed by atoms with van der Waals surface area (Å²) in [5.74, 6) is -1.66. The zero-order chi connectivity index (χ0) is 18.6. The molecule has 0 radical (unpaired) electrons. The van der Waals surface area contributed by atoms with Crippen molar-refractivity contribution in [2.24, 2.45) is 7.05 Å². The normalized spacial score (nSPS) is 10.6. The lowest BCUT2D eigenvalue weighted by molar-refractivity contribution is -0.147. The summed E-state index contributed by atoms with van der Waals surface area (Å²) in [7, 11) is 1.84. The third-order valence-electron chi connectivity index (χ3n) is 3.81. The van der Waals surface area contributed by atoms with Crippen molar-refractivity contribution in [3.8, 4) is 0 Å². The summed E-state index contributed by atoms with van der Waals surface area (Å²) in [5, 5.41) is 6.65. The minimum absolute atomic E-state index is 0.0332. The van der Waals surface area contributed by atoms with Crippen LogP contribution in [0.3, 0.4) is 0 Å². The summed E-state index contributed by atoms with van der Waals surface area (Å²) in [6.45, 7) is 3.36. The molecule has 0 atom stereocenters. The molecule has 25 heavy (non-hydrogen) atoms. The van der Waals surface area contributed by atoms with Crippen molar-refractivity contribution < 1.29 is 18.7 Å². The smallest absolute Gasteiger partial charge is 0.306 e. The molecule has 8 heteroatoms. The van der Waals surface area contributed by atoms with E-state index in [9.17, 15) is 14.0 Å². The highest BCUT2D eigenvalue weighted by Crippen LogP contribution is 2.19. The average molecular weight is 412 g/mol. The predicted octanol–water partition coefficient (Wildman–Crippen LogP) is 3.05. The van der Waals surface area contributed by atoms with E-state index in [2.05, 4.69) is 26.3 Å². The minimum atomic E-state index is -0.594. The largest absolute Gasteiger partial charge is 0.456 e. The standard InChI is InChI=1S/C17H19BrFN3O3/c1-10-13(11(2)22(3)21-10)5-7-17(24)25-9-16(23)20-15-6-4-12(18)8-14(15)19/h4,6,8H,5,7,9H2,1-3H3,(H,20,23). The zero-order valence-corrected chi connectivity index (χ0v) is 15.8. The van der Waals surface area contributed by atoms with Crippen LogP contribution in [0.15, 0.2) is 22.7 Å². The van der Waals surface area contributed by atoms with Crippen LogP contribution in [0.25, 0.3) is 0 Å². The number of benzene rings is 1. The van der Waals surface area contributed by atoms with Crippen molar-refractivity contribution in [3.63, 3.8) is 0 Å². The first-order valence-corrected chi connectivity index (χ1v) is 8.47. The van der Waals surface area contributed by atoms with Gasteiger partial charge in [0.2, 0.25) is 0 Å². The number of anilines is 1. The van der Waals surface area contributed by atoms with Gasteiger partial charge in [-0.15, -0.1) is 0 Å². The van der Waals surface area contributed by atoms with E-state index in [1.54, 1.807) is 10.7 Å². The van der Waals surface area contributed by atoms with E-state index >= 15 is 0 Å². The summed E-state index contributed by atoms with van der Waals surface area (Å²) in [6, 6.07) is 4.26. The van der Waals surface area contributed by atoms with Crippen molar-refractivity contribution in [1.82, 2.24) is 9.78 Å². The van der Waals surface area contributed by atoms with Gasteiger partial charge >= 0.3 is 5.97 Å². The lowest BCUT2D eigenvalue weighted by Crippen LogP contribution is -2.21. The Labute approximate surface area is 153 Å². The van der Waals surface area contributed by atoms with Crippen LogP contribution in [0.1, 0.15) is 23.4 Å². The highest BCUT2D eigenvalue weighted by molar-refractivity contribution is 9.10. The number of aryl methyl sites for hydroxylation is 2. The number of hydrogen-bond donors (Lipinski definition) is 1. The highest BCUT2D eigenvalue weighted by Gasteiger charge is 2.14. The summed E-state index contributed by atoms with van der Waals surface area (Å²) in [4.78, 5) is 23.6. The topological polar surface area (TPSA) is 73.2 Å². The van der Waals surface area contributed by atoms with Gasteiger partial charge in [0.25, 0.3) is 5.91 Å². The first-order chi connectivity index (χ1) is 11.8. The van der Waals surface area contributed by atoms with Crippen LogP contribution in [0.2, 0.25) is 0 Å². The van der Waals surface area contributed by atoms with Crippen molar-refractivity contribution >= 4 is 33.5 Å². The molecule has 1 N–H and O–H groups in total. The number of carbonyl (C=O) groups is 2. The Hall–Kier alpha value is -2.22. The van der Waals surface area contributed by atoms with E-state index < -0.39 is 24.3 Å². The second-order valence-corrected chi connectivity index (χ2v) is 6.52. The van der Waals surface area contributed by atoms with Crippen LogP contribution in [0, 0.1) is 19.7 Å². The number of halogens is 2. The Morgan fingerprint density at radius 1 is 1.36 bits per heavy atom. The molecule has 0 aliphatic heterocycles. The van der Waals surface area contributed by atoms with Crippen molar-refractivity contribution in [1.29, 1.82) is 0 Å². The molecule has 0 aliphatic carbocycles. The summed E-state index contributed by atoms with van der Waals surface area (Å²) in [5.41, 5.74) is 2.90. The molecule has 2 aromatic rings. The fourth-order valence-electron chi connectivity index (χ4n) is 2.40. The van der Waals surface area contributed by atoms with Gasteiger partial charge in [0, 0.05) is 23.6 Å². The number of nitrogens with one attached hydrogen (secondary N) is 1. The molecule has 0 spiro atoms. The summed E-state index contributed by atoms with van der Waals surface area (Å²) < 4.78 is 20.9. The van der Waals surface area contributed by atoms with E-state index in [4.69, 9.17) is 4.74 Å². The molecule has 0 fully saturated rings. The Morgan fingerprint density at radius 3 is 2.68 bits per heavy atom. The molecular weight excluding hydrogens is 393 g/mol. The van der Waals surface area contributed by atoms with Gasteiger partial charge in [0.05, 0.1) is 11.4 Å². The van der Waals surface area contributed by atoms with E-state index in [-0.39, 0.29) is 12.1 Å². The summed E-state index contributed by atoms with van der Waals surface area (Å²) >= 11 is 3.13. The number of rotatable bonds is 6. The van der Waals surface area contributed by atoms with Gasteiger partial charge in [-0.3, -0.25) is 14.3 Å². The number of amides is 1. The maximum atomic E-state index is 13.6. The third kappa shape index (κ3) is 5.12. The van der Waals surface area contributed by atoms with Crippen LogP contribution >= 0.6 is 15.9 Å². The van der Waals surface area contributed by atoms with E-state index in [0.717, 1.165) is 17.0 Å². The zero-order valence-electron chi connectivity index (χ0n) is 14.2. The molecule has 0 saturated heterocycles. The molecule has 0 aliphatic rings. The lowest BCUT2D eigenvalue weighted by atomic mass is 10.1. The lowest BCUT2D eigenvalue weighted by Gasteiger charge is -2.08. The molecule has 0 bridgehead atoms. The van der Waals surface area contributed by atoms with Gasteiger partial charge < -0.3 is 10.1 Å². The third-order valence-corrected chi connectivity index (χ3v) is 4.30. The molecular formula is C17H19BrFN3O3. The Bertz CT molecular complexity index is 805. The van der Waals surface area contributed by atoms with Crippen LogP contribution in [0.5, 0.6) is 0 Å². The SMILES string of the molecule is Cc1nn(C)c(C)c1CCC(=O)OCC(=O)Nc1ccc(Br)cc1F. The van der Waals surface area contributed by atoms with Crippen LogP contribution in [-0.2, 0) is 27.8 Å². The second kappa shape index (κ2) is 8.24. The molecule has 6 nitrogen and oxygen atoms in total.